The van der Waals surface area contributed by atoms with E-state index in [1.807, 2.05) is 18.2 Å². The second-order valence-corrected chi connectivity index (χ2v) is 4.51. The van der Waals surface area contributed by atoms with Crippen molar-refractivity contribution >= 4 is 29.1 Å². The summed E-state index contributed by atoms with van der Waals surface area (Å²) in [6.45, 7) is 1.37. The van der Waals surface area contributed by atoms with Gasteiger partial charge >= 0.3 is 0 Å². The third-order valence-electron chi connectivity index (χ3n) is 2.73. The van der Waals surface area contributed by atoms with Crippen LogP contribution in [0.15, 0.2) is 59.6 Å². The number of guanidine groups is 1. The molecule has 0 spiro atoms. The maximum atomic E-state index is 12.2. The molecule has 0 saturated heterocycles. The Morgan fingerprint density at radius 1 is 1.00 bits per heavy atom. The van der Waals surface area contributed by atoms with Gasteiger partial charge in [0.25, 0.3) is 5.91 Å². The van der Waals surface area contributed by atoms with Crippen molar-refractivity contribution in [2.75, 3.05) is 5.32 Å². The van der Waals surface area contributed by atoms with Crippen LogP contribution in [0.4, 0.5) is 11.4 Å². The number of amides is 2. The molecule has 0 aliphatic rings. The minimum absolute atomic E-state index is 0.0196. The number of para-hydroxylation sites is 2. The van der Waals surface area contributed by atoms with Crippen molar-refractivity contribution in [3.8, 4) is 0 Å². The highest BCUT2D eigenvalue weighted by Crippen LogP contribution is 2.15. The van der Waals surface area contributed by atoms with Gasteiger partial charge in [0.05, 0.1) is 16.9 Å². The van der Waals surface area contributed by atoms with Gasteiger partial charge in [-0.15, -0.1) is 0 Å². The van der Waals surface area contributed by atoms with Crippen LogP contribution in [0.25, 0.3) is 0 Å². The van der Waals surface area contributed by atoms with E-state index in [1.54, 1.807) is 36.4 Å². The first kappa shape index (κ1) is 15.2. The molecule has 0 aliphatic carbocycles. The van der Waals surface area contributed by atoms with Gasteiger partial charge in [0.1, 0.15) is 0 Å². The molecular weight excluding hydrogens is 280 g/mol. The predicted octanol–water partition coefficient (Wildman–Crippen LogP) is 2.02. The van der Waals surface area contributed by atoms with Gasteiger partial charge in [0.15, 0.2) is 0 Å². The normalized spacial score (nSPS) is 10.9. The smallest absolute Gasteiger partial charge is 0.260 e. The fraction of sp³-hybridized carbons (Fsp3) is 0.0625. The highest BCUT2D eigenvalue weighted by atomic mass is 16.2. The van der Waals surface area contributed by atoms with E-state index in [0.717, 1.165) is 0 Å². The second kappa shape index (κ2) is 7.03. The summed E-state index contributed by atoms with van der Waals surface area (Å²) in [7, 11) is 0. The number of benzene rings is 2. The van der Waals surface area contributed by atoms with Gasteiger partial charge in [0, 0.05) is 6.92 Å². The highest BCUT2D eigenvalue weighted by Gasteiger charge is 2.12. The monoisotopic (exact) mass is 296 g/mol. The number of rotatable bonds is 3. The van der Waals surface area contributed by atoms with Crippen LogP contribution in [0, 0.1) is 0 Å². The molecule has 22 heavy (non-hydrogen) atoms. The lowest BCUT2D eigenvalue weighted by molar-refractivity contribution is -0.114. The van der Waals surface area contributed by atoms with E-state index in [-0.39, 0.29) is 11.9 Å². The molecule has 0 saturated carbocycles. The Morgan fingerprint density at radius 2 is 1.64 bits per heavy atom. The van der Waals surface area contributed by atoms with E-state index >= 15 is 0 Å². The number of anilines is 1. The summed E-state index contributed by atoms with van der Waals surface area (Å²) >= 11 is 0. The molecule has 2 aromatic rings. The largest absolute Gasteiger partial charge is 0.369 e. The molecule has 0 fully saturated rings. The minimum atomic E-state index is -0.443. The summed E-state index contributed by atoms with van der Waals surface area (Å²) in [4.78, 5) is 27.5. The van der Waals surface area contributed by atoms with Crippen molar-refractivity contribution in [3.05, 3.63) is 60.2 Å². The minimum Gasteiger partial charge on any atom is -0.369 e. The first-order chi connectivity index (χ1) is 10.6. The lowest BCUT2D eigenvalue weighted by Gasteiger charge is -2.09. The van der Waals surface area contributed by atoms with Gasteiger partial charge < -0.3 is 11.1 Å². The van der Waals surface area contributed by atoms with Crippen LogP contribution in [0.3, 0.4) is 0 Å². The summed E-state index contributed by atoms with van der Waals surface area (Å²) < 4.78 is 0. The van der Waals surface area contributed by atoms with Gasteiger partial charge in [-0.05, 0) is 24.3 Å². The number of hydrogen-bond acceptors (Lipinski definition) is 3. The molecule has 4 N–H and O–H groups in total. The average Bonchev–Trinajstić information content (AvgIpc) is 2.48. The first-order valence-corrected chi connectivity index (χ1v) is 6.63. The predicted molar refractivity (Wildman–Crippen MR) is 85.9 cm³/mol. The molecule has 0 unspecified atom stereocenters. The Morgan fingerprint density at radius 3 is 2.32 bits per heavy atom. The lowest BCUT2D eigenvalue weighted by Crippen LogP contribution is -2.36. The number of carbonyl (C=O) groups is 2. The maximum Gasteiger partial charge on any atom is 0.260 e. The highest BCUT2D eigenvalue weighted by molar-refractivity contribution is 6.10. The van der Waals surface area contributed by atoms with Crippen molar-refractivity contribution < 1.29 is 9.59 Å². The molecule has 2 rings (SSSR count). The summed E-state index contributed by atoms with van der Waals surface area (Å²) in [5.41, 5.74) is 7.09. The van der Waals surface area contributed by atoms with Gasteiger partial charge in [-0.25, -0.2) is 4.99 Å². The number of nitrogens with one attached hydrogen (secondary N) is 2. The van der Waals surface area contributed by atoms with Gasteiger partial charge in [-0.2, -0.15) is 0 Å². The Labute approximate surface area is 128 Å². The summed E-state index contributed by atoms with van der Waals surface area (Å²) in [6.07, 6.45) is 0. The van der Waals surface area contributed by atoms with Crippen LogP contribution in [0.5, 0.6) is 0 Å². The Balaban J connectivity index is 2.16. The summed E-state index contributed by atoms with van der Waals surface area (Å²) in [5, 5.41) is 5.09. The van der Waals surface area contributed by atoms with Crippen LogP contribution in [-0.4, -0.2) is 17.8 Å². The quantitative estimate of drug-likeness (QED) is 0.597. The fourth-order valence-electron chi connectivity index (χ4n) is 1.83. The number of carbonyl (C=O) groups excluding carboxylic acids is 2. The standard InChI is InChI=1S/C16H16N4O2/c1-11(21)18-14-10-6-5-9-13(14)15(22)20-16(17)19-12-7-3-2-4-8-12/h2-10H,1H3,(H,18,21)(H3,17,19,20,22). The van der Waals surface area contributed by atoms with Crippen LogP contribution < -0.4 is 16.4 Å². The Kier molecular flexibility index (Phi) is 4.87. The lowest BCUT2D eigenvalue weighted by atomic mass is 10.1. The fourth-order valence-corrected chi connectivity index (χ4v) is 1.83. The Hall–Kier alpha value is -3.15. The molecule has 0 heterocycles. The van der Waals surface area contributed by atoms with E-state index in [9.17, 15) is 9.59 Å². The number of aliphatic imine (C=N–C) groups is 1. The molecule has 0 aliphatic heterocycles. The number of hydrogen-bond donors (Lipinski definition) is 3. The molecule has 6 nitrogen and oxygen atoms in total. The zero-order valence-corrected chi connectivity index (χ0v) is 12.0. The van der Waals surface area contributed by atoms with Gasteiger partial charge in [0.2, 0.25) is 11.9 Å². The SMILES string of the molecule is CC(=O)Nc1ccccc1C(=O)NC(N)=Nc1ccccc1. The van der Waals surface area contributed by atoms with E-state index in [2.05, 4.69) is 15.6 Å². The molecule has 2 aromatic carbocycles. The maximum absolute atomic E-state index is 12.2. The first-order valence-electron chi connectivity index (χ1n) is 6.63. The van der Waals surface area contributed by atoms with E-state index in [0.29, 0.717) is 16.9 Å². The van der Waals surface area contributed by atoms with Crippen LogP contribution in [0.1, 0.15) is 17.3 Å². The molecule has 112 valence electrons. The molecule has 6 heteroatoms. The molecule has 0 bridgehead atoms. The van der Waals surface area contributed by atoms with Gasteiger partial charge in [-0.3, -0.25) is 14.9 Å². The van der Waals surface area contributed by atoms with Crippen molar-refractivity contribution in [2.45, 2.75) is 6.92 Å². The second-order valence-electron chi connectivity index (χ2n) is 4.51. The third kappa shape index (κ3) is 4.17. The zero-order chi connectivity index (χ0) is 15.9. The van der Waals surface area contributed by atoms with E-state index in [1.165, 1.54) is 6.92 Å². The number of nitrogens with two attached hydrogens (primary N) is 1. The van der Waals surface area contributed by atoms with Gasteiger partial charge in [-0.1, -0.05) is 30.3 Å². The van der Waals surface area contributed by atoms with Crippen molar-refractivity contribution in [1.82, 2.24) is 5.32 Å². The average molecular weight is 296 g/mol. The Bertz CT molecular complexity index is 711. The topological polar surface area (TPSA) is 96.6 Å². The third-order valence-corrected chi connectivity index (χ3v) is 2.73. The molecular formula is C16H16N4O2. The van der Waals surface area contributed by atoms with Crippen LogP contribution in [0.2, 0.25) is 0 Å². The zero-order valence-electron chi connectivity index (χ0n) is 12.0. The summed E-state index contributed by atoms with van der Waals surface area (Å²) in [6, 6.07) is 15.7. The van der Waals surface area contributed by atoms with Crippen molar-refractivity contribution in [1.29, 1.82) is 0 Å². The van der Waals surface area contributed by atoms with E-state index in [4.69, 9.17) is 5.73 Å². The molecule has 0 aromatic heterocycles. The van der Waals surface area contributed by atoms with Crippen LogP contribution >= 0.6 is 0 Å². The molecule has 0 radical (unpaired) electrons. The van der Waals surface area contributed by atoms with Crippen molar-refractivity contribution in [3.63, 3.8) is 0 Å². The number of nitrogens with zero attached hydrogens (tertiary/aromatic N) is 1. The van der Waals surface area contributed by atoms with Crippen LogP contribution in [-0.2, 0) is 4.79 Å². The molecule has 2 amide bonds. The molecule has 0 atom stereocenters. The summed E-state index contributed by atoms with van der Waals surface area (Å²) in [5.74, 6) is -0.721. The van der Waals surface area contributed by atoms with E-state index < -0.39 is 5.91 Å². The van der Waals surface area contributed by atoms with Crippen molar-refractivity contribution in [2.24, 2.45) is 10.7 Å².